The number of aryl methyl sites for hydroxylation is 2. The molecule has 1 aromatic carbocycles. The summed E-state index contributed by atoms with van der Waals surface area (Å²) in [5.74, 6) is 0.200. The lowest BCUT2D eigenvalue weighted by Gasteiger charge is -2.20. The lowest BCUT2D eigenvalue weighted by atomic mass is 10.1. The molecule has 0 radical (unpaired) electrons. The molecule has 0 bridgehead atoms. The zero-order valence-corrected chi connectivity index (χ0v) is 16.5. The number of nitrogens with zero attached hydrogens (tertiary/aromatic N) is 1. The minimum atomic E-state index is -0.125. The predicted molar refractivity (Wildman–Crippen MR) is 105 cm³/mol. The Morgan fingerprint density at radius 2 is 2.00 bits per heavy atom. The molecule has 2 amide bonds. The molecule has 2 rings (SSSR count). The molecule has 1 aromatic heterocycles. The Hall–Kier alpha value is -1.79. The Morgan fingerprint density at radius 3 is 2.64 bits per heavy atom. The van der Waals surface area contributed by atoms with Gasteiger partial charge in [0.15, 0.2) is 0 Å². The molecule has 0 aliphatic carbocycles. The minimum Gasteiger partial charge on any atom is -0.350 e. The second kappa shape index (κ2) is 9.63. The van der Waals surface area contributed by atoms with E-state index >= 15 is 0 Å². The summed E-state index contributed by atoms with van der Waals surface area (Å²) in [6, 6.07) is 10.1. The molecule has 0 saturated carbocycles. The summed E-state index contributed by atoms with van der Waals surface area (Å²) >= 11 is 3.12. The molecular formula is C19H24N2O2S2. The molecule has 25 heavy (non-hydrogen) atoms. The van der Waals surface area contributed by atoms with Gasteiger partial charge in [0.2, 0.25) is 11.8 Å². The highest BCUT2D eigenvalue weighted by Crippen LogP contribution is 2.21. The number of hydrogen-bond acceptors (Lipinski definition) is 4. The van der Waals surface area contributed by atoms with Crippen molar-refractivity contribution < 1.29 is 9.59 Å². The summed E-state index contributed by atoms with van der Waals surface area (Å²) in [6.07, 6.45) is 0. The summed E-state index contributed by atoms with van der Waals surface area (Å²) in [4.78, 5) is 28.2. The van der Waals surface area contributed by atoms with Crippen LogP contribution in [0.25, 0.3) is 0 Å². The number of rotatable bonds is 8. The van der Waals surface area contributed by atoms with Gasteiger partial charge in [0.1, 0.15) is 0 Å². The van der Waals surface area contributed by atoms with Gasteiger partial charge in [-0.3, -0.25) is 9.59 Å². The monoisotopic (exact) mass is 376 g/mol. The molecular weight excluding hydrogens is 352 g/mol. The van der Waals surface area contributed by atoms with E-state index in [0.717, 1.165) is 9.77 Å². The number of likely N-dealkylation sites (N-methyl/N-ethyl adjacent to an activating group) is 1. The molecule has 2 aromatic rings. The van der Waals surface area contributed by atoms with Gasteiger partial charge in [-0.1, -0.05) is 12.1 Å². The molecule has 0 fully saturated rings. The van der Waals surface area contributed by atoms with Crippen molar-refractivity contribution in [2.75, 3.05) is 18.8 Å². The van der Waals surface area contributed by atoms with E-state index in [1.165, 1.54) is 22.9 Å². The molecule has 0 spiro atoms. The SMILES string of the molecule is CCN(CC(=O)NCc1cccs1)C(=O)CSc1ccc(C)c(C)c1. The second-order valence-electron chi connectivity index (χ2n) is 5.80. The third-order valence-electron chi connectivity index (χ3n) is 3.95. The number of thiophene rings is 1. The van der Waals surface area contributed by atoms with E-state index in [-0.39, 0.29) is 18.4 Å². The highest BCUT2D eigenvalue weighted by molar-refractivity contribution is 8.00. The Kier molecular flexibility index (Phi) is 7.52. The van der Waals surface area contributed by atoms with Crippen LogP contribution in [-0.4, -0.2) is 35.6 Å². The van der Waals surface area contributed by atoms with Crippen LogP contribution in [0.15, 0.2) is 40.6 Å². The van der Waals surface area contributed by atoms with Crippen molar-refractivity contribution in [3.63, 3.8) is 0 Å². The first-order chi connectivity index (χ1) is 12.0. The van der Waals surface area contributed by atoms with Gasteiger partial charge >= 0.3 is 0 Å². The number of nitrogens with one attached hydrogen (secondary N) is 1. The van der Waals surface area contributed by atoms with Crippen molar-refractivity contribution in [2.45, 2.75) is 32.2 Å². The topological polar surface area (TPSA) is 49.4 Å². The lowest BCUT2D eigenvalue weighted by Crippen LogP contribution is -2.41. The maximum Gasteiger partial charge on any atom is 0.239 e. The van der Waals surface area contributed by atoms with Crippen molar-refractivity contribution in [3.05, 3.63) is 51.7 Å². The Labute approximate surface area is 157 Å². The molecule has 1 heterocycles. The van der Waals surface area contributed by atoms with Crippen molar-refractivity contribution >= 4 is 34.9 Å². The van der Waals surface area contributed by atoms with Gasteiger partial charge in [-0.15, -0.1) is 23.1 Å². The third-order valence-corrected chi connectivity index (χ3v) is 5.80. The second-order valence-corrected chi connectivity index (χ2v) is 7.88. The number of carbonyl (C=O) groups excluding carboxylic acids is 2. The van der Waals surface area contributed by atoms with Crippen molar-refractivity contribution in [1.82, 2.24) is 10.2 Å². The minimum absolute atomic E-state index is 0.0167. The number of hydrogen-bond donors (Lipinski definition) is 1. The molecule has 1 N–H and O–H groups in total. The molecule has 4 nitrogen and oxygen atoms in total. The zero-order valence-electron chi connectivity index (χ0n) is 14.9. The van der Waals surface area contributed by atoms with E-state index in [2.05, 4.69) is 31.3 Å². The van der Waals surface area contributed by atoms with Crippen LogP contribution in [-0.2, 0) is 16.1 Å². The molecule has 0 saturated heterocycles. The summed E-state index contributed by atoms with van der Waals surface area (Å²) in [5, 5.41) is 4.84. The lowest BCUT2D eigenvalue weighted by molar-refractivity contribution is -0.133. The number of carbonyl (C=O) groups is 2. The molecule has 134 valence electrons. The highest BCUT2D eigenvalue weighted by Gasteiger charge is 2.16. The fourth-order valence-electron chi connectivity index (χ4n) is 2.24. The van der Waals surface area contributed by atoms with Gasteiger partial charge < -0.3 is 10.2 Å². The zero-order chi connectivity index (χ0) is 18.2. The quantitative estimate of drug-likeness (QED) is 0.716. The standard InChI is InChI=1S/C19H24N2O2S2/c1-4-21(12-18(22)20-11-17-6-5-9-24-17)19(23)13-25-16-8-7-14(2)15(3)10-16/h5-10H,4,11-13H2,1-3H3,(H,20,22). The van der Waals surface area contributed by atoms with Gasteiger partial charge in [0.05, 0.1) is 18.8 Å². The fourth-order valence-corrected chi connectivity index (χ4v) is 3.79. The summed E-state index contributed by atoms with van der Waals surface area (Å²) < 4.78 is 0. The largest absolute Gasteiger partial charge is 0.350 e. The average Bonchev–Trinajstić information content (AvgIpc) is 3.12. The van der Waals surface area contributed by atoms with E-state index in [1.807, 2.05) is 30.5 Å². The van der Waals surface area contributed by atoms with Crippen LogP contribution >= 0.6 is 23.1 Å². The average molecular weight is 377 g/mol. The van der Waals surface area contributed by atoms with Gasteiger partial charge in [-0.05, 0) is 55.5 Å². The van der Waals surface area contributed by atoms with Crippen molar-refractivity contribution in [1.29, 1.82) is 0 Å². The molecule has 6 heteroatoms. The number of benzene rings is 1. The maximum absolute atomic E-state index is 12.4. The third kappa shape index (κ3) is 6.21. The van der Waals surface area contributed by atoms with E-state index in [4.69, 9.17) is 0 Å². The van der Waals surface area contributed by atoms with E-state index in [0.29, 0.717) is 18.8 Å². The van der Waals surface area contributed by atoms with Crippen LogP contribution in [0, 0.1) is 13.8 Å². The molecule has 0 aliphatic rings. The van der Waals surface area contributed by atoms with Crippen LogP contribution in [0.4, 0.5) is 0 Å². The molecule has 0 unspecified atom stereocenters. The maximum atomic E-state index is 12.4. The van der Waals surface area contributed by atoms with Crippen LogP contribution in [0.3, 0.4) is 0 Å². The van der Waals surface area contributed by atoms with Gasteiger partial charge in [-0.2, -0.15) is 0 Å². The molecule has 0 aliphatic heterocycles. The van der Waals surface area contributed by atoms with Crippen LogP contribution < -0.4 is 5.32 Å². The summed E-state index contributed by atoms with van der Waals surface area (Å²) in [6.45, 7) is 7.18. The summed E-state index contributed by atoms with van der Waals surface area (Å²) in [7, 11) is 0. The van der Waals surface area contributed by atoms with E-state index in [1.54, 1.807) is 16.2 Å². The number of amides is 2. The van der Waals surface area contributed by atoms with Crippen LogP contribution in [0.5, 0.6) is 0 Å². The van der Waals surface area contributed by atoms with Gasteiger partial charge in [0, 0.05) is 16.3 Å². The molecule has 0 atom stereocenters. The van der Waals surface area contributed by atoms with Crippen molar-refractivity contribution in [3.8, 4) is 0 Å². The first kappa shape index (κ1) is 19.5. The van der Waals surface area contributed by atoms with Crippen molar-refractivity contribution in [2.24, 2.45) is 0 Å². The van der Waals surface area contributed by atoms with Gasteiger partial charge in [0.25, 0.3) is 0 Å². The Morgan fingerprint density at radius 1 is 1.20 bits per heavy atom. The van der Waals surface area contributed by atoms with E-state index < -0.39 is 0 Å². The highest BCUT2D eigenvalue weighted by atomic mass is 32.2. The number of thioether (sulfide) groups is 1. The van der Waals surface area contributed by atoms with Crippen LogP contribution in [0.1, 0.15) is 22.9 Å². The first-order valence-electron chi connectivity index (χ1n) is 8.26. The fraction of sp³-hybridized carbons (Fsp3) is 0.368. The smallest absolute Gasteiger partial charge is 0.239 e. The van der Waals surface area contributed by atoms with E-state index in [9.17, 15) is 9.59 Å². The van der Waals surface area contributed by atoms with Gasteiger partial charge in [-0.25, -0.2) is 0 Å². The predicted octanol–water partition coefficient (Wildman–Crippen LogP) is 3.62. The Bertz CT molecular complexity index is 714. The summed E-state index contributed by atoms with van der Waals surface area (Å²) in [5.41, 5.74) is 2.46. The Balaban J connectivity index is 1.80. The normalized spacial score (nSPS) is 10.5. The van der Waals surface area contributed by atoms with Crippen LogP contribution in [0.2, 0.25) is 0 Å². The first-order valence-corrected chi connectivity index (χ1v) is 10.1.